The highest BCUT2D eigenvalue weighted by Crippen LogP contribution is 2.32. The van der Waals surface area contributed by atoms with Gasteiger partial charge in [0.05, 0.1) is 6.61 Å². The monoisotopic (exact) mass is 339 g/mol. The molecule has 0 heterocycles. The molecule has 25 heavy (non-hydrogen) atoms. The van der Waals surface area contributed by atoms with E-state index in [0.717, 1.165) is 29.7 Å². The molecule has 1 fully saturated rings. The highest BCUT2D eigenvalue weighted by atomic mass is 16.5. The molecule has 130 valence electrons. The third-order valence-electron chi connectivity index (χ3n) is 4.16. The molecule has 1 aliphatic rings. The zero-order chi connectivity index (χ0) is 17.8. The molecule has 5 heteroatoms. The lowest BCUT2D eigenvalue weighted by Gasteiger charge is -2.20. The van der Waals surface area contributed by atoms with E-state index in [-0.39, 0.29) is 18.5 Å². The lowest BCUT2D eigenvalue weighted by Crippen LogP contribution is -2.37. The molecule has 1 aliphatic carbocycles. The average molecular weight is 339 g/mol. The first-order valence-corrected chi connectivity index (χ1v) is 8.45. The topological polar surface area (TPSA) is 66.8 Å². The molecule has 1 amide bonds. The summed E-state index contributed by atoms with van der Waals surface area (Å²) in [5, 5.41) is 9.07. The molecular weight excluding hydrogens is 318 g/mol. The number of carbonyl (C=O) groups excluding carboxylic acids is 1. The Bertz CT molecular complexity index is 783. The van der Waals surface area contributed by atoms with Crippen molar-refractivity contribution < 1.29 is 19.4 Å². The van der Waals surface area contributed by atoms with Crippen LogP contribution in [0, 0.1) is 0 Å². The van der Waals surface area contributed by atoms with E-state index in [0.29, 0.717) is 12.2 Å². The van der Waals surface area contributed by atoms with Crippen molar-refractivity contribution >= 4 is 11.9 Å². The van der Waals surface area contributed by atoms with Gasteiger partial charge >= 0.3 is 5.97 Å². The summed E-state index contributed by atoms with van der Waals surface area (Å²) in [6.45, 7) is 2.23. The molecule has 5 nitrogen and oxygen atoms in total. The fourth-order valence-corrected chi connectivity index (χ4v) is 2.87. The van der Waals surface area contributed by atoms with E-state index < -0.39 is 5.97 Å². The molecule has 2 aromatic carbocycles. The van der Waals surface area contributed by atoms with E-state index >= 15 is 0 Å². The Morgan fingerprint density at radius 1 is 1.16 bits per heavy atom. The Kier molecular flexibility index (Phi) is 5.03. The largest absolute Gasteiger partial charge is 0.493 e. The number of amides is 1. The van der Waals surface area contributed by atoms with Crippen LogP contribution in [-0.2, 0) is 4.79 Å². The molecule has 0 spiro atoms. The van der Waals surface area contributed by atoms with Crippen LogP contribution in [0.2, 0.25) is 0 Å². The van der Waals surface area contributed by atoms with Gasteiger partial charge in [0.2, 0.25) is 0 Å². The van der Waals surface area contributed by atoms with Crippen molar-refractivity contribution in [3.63, 3.8) is 0 Å². The SMILES string of the molecule is CCOc1ccccc1-c1cccc(C(=O)N(CC(=O)O)C2CC2)c1. The smallest absolute Gasteiger partial charge is 0.323 e. The summed E-state index contributed by atoms with van der Waals surface area (Å²) in [7, 11) is 0. The number of para-hydroxylation sites is 1. The van der Waals surface area contributed by atoms with Crippen molar-refractivity contribution in [3.05, 3.63) is 54.1 Å². The van der Waals surface area contributed by atoms with Crippen LogP contribution in [0.4, 0.5) is 0 Å². The van der Waals surface area contributed by atoms with Crippen molar-refractivity contribution in [2.75, 3.05) is 13.2 Å². The van der Waals surface area contributed by atoms with Crippen LogP contribution in [0.15, 0.2) is 48.5 Å². The quantitative estimate of drug-likeness (QED) is 0.839. The lowest BCUT2D eigenvalue weighted by molar-refractivity contribution is -0.137. The number of carboxylic acid groups (broad SMARTS) is 1. The maximum absolute atomic E-state index is 12.8. The predicted octanol–water partition coefficient (Wildman–Crippen LogP) is 3.44. The fourth-order valence-electron chi connectivity index (χ4n) is 2.87. The van der Waals surface area contributed by atoms with Crippen molar-refractivity contribution in [2.24, 2.45) is 0 Å². The number of benzene rings is 2. The summed E-state index contributed by atoms with van der Waals surface area (Å²) >= 11 is 0. The second-order valence-corrected chi connectivity index (χ2v) is 6.07. The van der Waals surface area contributed by atoms with E-state index in [4.69, 9.17) is 9.84 Å². The maximum Gasteiger partial charge on any atom is 0.323 e. The predicted molar refractivity (Wildman–Crippen MR) is 94.7 cm³/mol. The number of carbonyl (C=O) groups is 2. The molecule has 0 radical (unpaired) electrons. The molecule has 1 saturated carbocycles. The van der Waals surface area contributed by atoms with Crippen LogP contribution in [0.25, 0.3) is 11.1 Å². The zero-order valence-corrected chi connectivity index (χ0v) is 14.1. The number of aliphatic carboxylic acids is 1. The number of nitrogens with zero attached hydrogens (tertiary/aromatic N) is 1. The number of carboxylic acids is 1. The number of hydrogen-bond acceptors (Lipinski definition) is 3. The third-order valence-corrected chi connectivity index (χ3v) is 4.16. The maximum atomic E-state index is 12.8. The summed E-state index contributed by atoms with van der Waals surface area (Å²) in [5.41, 5.74) is 2.29. The van der Waals surface area contributed by atoms with E-state index in [1.807, 2.05) is 43.3 Å². The Morgan fingerprint density at radius 3 is 2.60 bits per heavy atom. The Morgan fingerprint density at radius 2 is 1.92 bits per heavy atom. The van der Waals surface area contributed by atoms with Crippen molar-refractivity contribution in [2.45, 2.75) is 25.8 Å². The molecule has 0 unspecified atom stereocenters. The molecule has 3 rings (SSSR count). The lowest BCUT2D eigenvalue weighted by atomic mass is 10.0. The molecule has 0 bridgehead atoms. The third kappa shape index (κ3) is 3.99. The Balaban J connectivity index is 1.91. The van der Waals surface area contributed by atoms with E-state index in [1.165, 1.54) is 4.90 Å². The standard InChI is InChI=1S/C20H21NO4/c1-2-25-18-9-4-3-8-17(18)14-6-5-7-15(12-14)20(24)21(13-19(22)23)16-10-11-16/h3-9,12,16H,2,10-11,13H2,1H3,(H,22,23). The van der Waals surface area contributed by atoms with Crippen LogP contribution in [0.1, 0.15) is 30.1 Å². The summed E-state index contributed by atoms with van der Waals surface area (Å²) in [4.78, 5) is 25.3. The zero-order valence-electron chi connectivity index (χ0n) is 14.1. The summed E-state index contributed by atoms with van der Waals surface area (Å²) in [5.74, 6) is -0.460. The van der Waals surface area contributed by atoms with E-state index in [9.17, 15) is 9.59 Å². The van der Waals surface area contributed by atoms with Gasteiger partial charge in [0.1, 0.15) is 12.3 Å². The molecule has 0 aliphatic heterocycles. The Labute approximate surface area is 146 Å². The minimum absolute atomic E-state index is 0.0444. The van der Waals surface area contributed by atoms with Crippen molar-refractivity contribution in [1.29, 1.82) is 0 Å². The molecule has 0 atom stereocenters. The molecule has 1 N–H and O–H groups in total. The normalized spacial score (nSPS) is 13.3. The minimum Gasteiger partial charge on any atom is -0.493 e. The molecule has 0 aromatic heterocycles. The minimum atomic E-state index is -0.988. The van der Waals surface area contributed by atoms with Gasteiger partial charge in [0, 0.05) is 17.2 Å². The summed E-state index contributed by atoms with van der Waals surface area (Å²) in [6.07, 6.45) is 1.73. The first-order valence-electron chi connectivity index (χ1n) is 8.45. The number of rotatable bonds is 7. The average Bonchev–Trinajstić information content (AvgIpc) is 3.45. The summed E-state index contributed by atoms with van der Waals surface area (Å²) < 4.78 is 5.67. The van der Waals surface area contributed by atoms with Crippen LogP contribution in [0.3, 0.4) is 0 Å². The fraction of sp³-hybridized carbons (Fsp3) is 0.300. The van der Waals surface area contributed by atoms with Gasteiger partial charge in [-0.3, -0.25) is 9.59 Å². The second-order valence-electron chi connectivity index (χ2n) is 6.07. The molecular formula is C20H21NO4. The van der Waals surface area contributed by atoms with Gasteiger partial charge in [-0.1, -0.05) is 30.3 Å². The van der Waals surface area contributed by atoms with Gasteiger partial charge < -0.3 is 14.7 Å². The van der Waals surface area contributed by atoms with E-state index in [2.05, 4.69) is 0 Å². The molecule has 0 saturated heterocycles. The van der Waals surface area contributed by atoms with Gasteiger partial charge in [-0.2, -0.15) is 0 Å². The Hall–Kier alpha value is -2.82. The van der Waals surface area contributed by atoms with Crippen LogP contribution < -0.4 is 4.74 Å². The van der Waals surface area contributed by atoms with Gasteiger partial charge in [0.15, 0.2) is 0 Å². The van der Waals surface area contributed by atoms with Crippen LogP contribution >= 0.6 is 0 Å². The van der Waals surface area contributed by atoms with Crippen LogP contribution in [-0.4, -0.2) is 41.1 Å². The molecule has 2 aromatic rings. The summed E-state index contributed by atoms with van der Waals surface area (Å²) in [6, 6.07) is 15.0. The van der Waals surface area contributed by atoms with Gasteiger partial charge in [-0.15, -0.1) is 0 Å². The van der Waals surface area contributed by atoms with Crippen LogP contribution in [0.5, 0.6) is 5.75 Å². The number of ether oxygens (including phenoxy) is 1. The number of hydrogen-bond donors (Lipinski definition) is 1. The van der Waals surface area contributed by atoms with Gasteiger partial charge in [-0.25, -0.2) is 0 Å². The highest BCUT2D eigenvalue weighted by Gasteiger charge is 2.34. The van der Waals surface area contributed by atoms with Crippen molar-refractivity contribution in [3.8, 4) is 16.9 Å². The highest BCUT2D eigenvalue weighted by molar-refractivity contribution is 5.97. The first kappa shape index (κ1) is 17.0. The second kappa shape index (κ2) is 7.38. The van der Waals surface area contributed by atoms with Crippen molar-refractivity contribution in [1.82, 2.24) is 4.90 Å². The van der Waals surface area contributed by atoms with E-state index in [1.54, 1.807) is 12.1 Å². The van der Waals surface area contributed by atoms with Gasteiger partial charge in [-0.05, 0) is 43.5 Å². The van der Waals surface area contributed by atoms with Gasteiger partial charge in [0.25, 0.3) is 5.91 Å². The first-order chi connectivity index (χ1) is 12.1.